The van der Waals surface area contributed by atoms with Crippen LogP contribution in [-0.2, 0) is 9.47 Å². The van der Waals surface area contributed by atoms with Gasteiger partial charge in [0.2, 0.25) is 0 Å². The highest BCUT2D eigenvalue weighted by atomic mass is 127. The van der Waals surface area contributed by atoms with Gasteiger partial charge in [0.05, 0.1) is 15.4 Å². The number of carbonyl (C=O) groups excluding carboxylic acids is 2. The fourth-order valence-corrected chi connectivity index (χ4v) is 4.21. The normalized spacial score (nSPS) is 22.0. The molecule has 0 radical (unpaired) electrons. The quantitative estimate of drug-likeness (QED) is 0.494. The summed E-state index contributed by atoms with van der Waals surface area (Å²) in [5.41, 5.74) is -0.157. The first kappa shape index (κ1) is 22.4. The highest BCUT2D eigenvalue weighted by Crippen LogP contribution is 2.43. The third-order valence-electron chi connectivity index (χ3n) is 4.93. The predicted molar refractivity (Wildman–Crippen MR) is 118 cm³/mol. The molecule has 7 nitrogen and oxygen atoms in total. The van der Waals surface area contributed by atoms with Crippen molar-refractivity contribution >= 4 is 34.8 Å². The molecule has 2 aliphatic rings. The van der Waals surface area contributed by atoms with Crippen molar-refractivity contribution in [3.8, 4) is 0 Å². The van der Waals surface area contributed by atoms with Crippen molar-refractivity contribution in [1.29, 1.82) is 0 Å². The lowest BCUT2D eigenvalue weighted by Gasteiger charge is -2.38. The van der Waals surface area contributed by atoms with Gasteiger partial charge in [-0.3, -0.25) is 4.68 Å². The second-order valence-corrected chi connectivity index (χ2v) is 11.3. The lowest BCUT2D eigenvalue weighted by atomic mass is 9.80. The maximum Gasteiger partial charge on any atom is 0.419 e. The SMILES string of the molecule is CC(C)(C)OC(=O)N(CC1CC(n2nc(C3CC3)cc2I)C1)C(=O)OC(C)(C)C. The van der Waals surface area contributed by atoms with Crippen molar-refractivity contribution < 1.29 is 19.1 Å². The van der Waals surface area contributed by atoms with Gasteiger partial charge in [0.15, 0.2) is 0 Å². The summed E-state index contributed by atoms with van der Waals surface area (Å²) in [6.45, 7) is 11.0. The molecule has 0 saturated heterocycles. The molecule has 162 valence electrons. The molecule has 1 heterocycles. The number of hydrogen-bond donors (Lipinski definition) is 0. The number of hydrogen-bond acceptors (Lipinski definition) is 5. The van der Waals surface area contributed by atoms with Crippen molar-refractivity contribution in [3.05, 3.63) is 15.5 Å². The molecule has 1 aromatic heterocycles. The summed E-state index contributed by atoms with van der Waals surface area (Å²) in [7, 11) is 0. The molecule has 8 heteroatoms. The number of rotatable bonds is 4. The first-order chi connectivity index (χ1) is 13.3. The molecule has 2 aliphatic carbocycles. The molecule has 29 heavy (non-hydrogen) atoms. The molecule has 1 aromatic rings. The Morgan fingerprint density at radius 3 is 2.07 bits per heavy atom. The van der Waals surface area contributed by atoms with Gasteiger partial charge in [-0.05, 0) is 102 Å². The predicted octanol–water partition coefficient (Wildman–Crippen LogP) is 5.49. The molecule has 0 unspecified atom stereocenters. The number of imide groups is 1. The Bertz CT molecular complexity index is 740. The molecule has 2 amide bonds. The number of nitrogens with zero attached hydrogens (tertiary/aromatic N) is 3. The second-order valence-electron chi connectivity index (χ2n) is 10.2. The van der Waals surface area contributed by atoms with E-state index in [0.29, 0.717) is 18.5 Å². The van der Waals surface area contributed by atoms with Gasteiger partial charge >= 0.3 is 12.2 Å². The minimum absolute atomic E-state index is 0.212. The van der Waals surface area contributed by atoms with E-state index in [1.54, 1.807) is 41.5 Å². The monoisotopic (exact) mass is 517 g/mol. The Kier molecular flexibility index (Phi) is 6.23. The lowest BCUT2D eigenvalue weighted by molar-refractivity contribution is -0.00648. The third-order valence-corrected chi connectivity index (χ3v) is 5.74. The molecule has 0 bridgehead atoms. The molecule has 0 N–H and O–H groups in total. The van der Waals surface area contributed by atoms with Crippen LogP contribution in [0.25, 0.3) is 0 Å². The minimum atomic E-state index is -0.677. The first-order valence-corrected chi connectivity index (χ1v) is 11.4. The number of aromatic nitrogens is 2. The van der Waals surface area contributed by atoms with E-state index in [1.165, 1.54) is 18.5 Å². The molecule has 0 aliphatic heterocycles. The molecule has 0 atom stereocenters. The van der Waals surface area contributed by atoms with Gasteiger partial charge < -0.3 is 9.47 Å². The summed E-state index contributed by atoms with van der Waals surface area (Å²) in [6.07, 6.45) is 2.93. The summed E-state index contributed by atoms with van der Waals surface area (Å²) in [4.78, 5) is 26.4. The number of amides is 2. The maximum absolute atomic E-state index is 12.6. The van der Waals surface area contributed by atoms with Gasteiger partial charge in [-0.2, -0.15) is 5.10 Å². The van der Waals surface area contributed by atoms with Crippen molar-refractivity contribution in [2.75, 3.05) is 6.54 Å². The summed E-state index contributed by atoms with van der Waals surface area (Å²) in [6, 6.07) is 2.50. The summed E-state index contributed by atoms with van der Waals surface area (Å²) in [5, 5.41) is 4.79. The molecular weight excluding hydrogens is 485 g/mol. The molecule has 2 saturated carbocycles. The largest absolute Gasteiger partial charge is 0.443 e. The van der Waals surface area contributed by atoms with E-state index < -0.39 is 23.4 Å². The van der Waals surface area contributed by atoms with Crippen LogP contribution >= 0.6 is 22.6 Å². The second kappa shape index (κ2) is 8.07. The Balaban J connectivity index is 1.62. The van der Waals surface area contributed by atoms with E-state index in [-0.39, 0.29) is 5.92 Å². The highest BCUT2D eigenvalue weighted by Gasteiger charge is 2.39. The van der Waals surface area contributed by atoms with Crippen molar-refractivity contribution in [2.24, 2.45) is 5.92 Å². The molecule has 0 spiro atoms. The van der Waals surface area contributed by atoms with E-state index in [1.807, 2.05) is 0 Å². The average Bonchev–Trinajstić information content (AvgIpc) is 3.26. The van der Waals surface area contributed by atoms with E-state index >= 15 is 0 Å². The van der Waals surface area contributed by atoms with Gasteiger partial charge in [-0.15, -0.1) is 0 Å². The third kappa shape index (κ3) is 6.08. The van der Waals surface area contributed by atoms with Crippen LogP contribution in [0.15, 0.2) is 6.07 Å². The maximum atomic E-state index is 12.6. The number of carbonyl (C=O) groups is 2. The standard InChI is InChI=1S/C21H32IN3O4/c1-20(2,3)28-18(26)24(19(27)29-21(4,5)6)12-13-9-15(10-13)25-17(22)11-16(23-25)14-7-8-14/h11,13-15H,7-10,12H2,1-6H3. The van der Waals surface area contributed by atoms with Crippen LogP contribution in [-0.4, -0.2) is 44.6 Å². The molecule has 3 rings (SSSR count). The smallest absolute Gasteiger partial charge is 0.419 e. The summed E-state index contributed by atoms with van der Waals surface area (Å²) < 4.78 is 14.1. The van der Waals surface area contributed by atoms with Crippen LogP contribution < -0.4 is 0 Å². The Morgan fingerprint density at radius 2 is 1.62 bits per heavy atom. The Hall–Kier alpha value is -1.32. The Labute approximate surface area is 186 Å². The van der Waals surface area contributed by atoms with Crippen LogP contribution in [0.3, 0.4) is 0 Å². The van der Waals surface area contributed by atoms with E-state index in [2.05, 4.69) is 33.3 Å². The first-order valence-electron chi connectivity index (χ1n) is 10.3. The van der Waals surface area contributed by atoms with Gasteiger partial charge in [0.1, 0.15) is 11.2 Å². The topological polar surface area (TPSA) is 73.7 Å². The summed E-state index contributed by atoms with van der Waals surface area (Å²) >= 11 is 2.34. The zero-order valence-corrected chi connectivity index (χ0v) is 20.4. The fraction of sp³-hybridized carbons (Fsp3) is 0.762. The van der Waals surface area contributed by atoms with Crippen molar-refractivity contribution in [1.82, 2.24) is 14.7 Å². The molecule has 2 fully saturated rings. The van der Waals surface area contributed by atoms with Crippen LogP contribution in [0.2, 0.25) is 0 Å². The summed E-state index contributed by atoms with van der Waals surface area (Å²) in [5.74, 6) is 0.847. The minimum Gasteiger partial charge on any atom is -0.443 e. The van der Waals surface area contributed by atoms with Crippen LogP contribution in [0.1, 0.15) is 84.9 Å². The number of ether oxygens (including phenoxy) is 2. The molecule has 0 aromatic carbocycles. The lowest BCUT2D eigenvalue weighted by Crippen LogP contribution is -2.47. The van der Waals surface area contributed by atoms with Crippen LogP contribution in [0, 0.1) is 9.62 Å². The van der Waals surface area contributed by atoms with Crippen LogP contribution in [0.4, 0.5) is 9.59 Å². The van der Waals surface area contributed by atoms with Crippen LogP contribution in [0.5, 0.6) is 0 Å². The fourth-order valence-electron chi connectivity index (χ4n) is 3.39. The average molecular weight is 517 g/mol. The number of halogens is 1. The zero-order valence-electron chi connectivity index (χ0n) is 18.2. The van der Waals surface area contributed by atoms with Crippen molar-refractivity contribution in [3.63, 3.8) is 0 Å². The molecular formula is C21H32IN3O4. The Morgan fingerprint density at radius 1 is 1.10 bits per heavy atom. The van der Waals surface area contributed by atoms with E-state index in [9.17, 15) is 9.59 Å². The zero-order chi connectivity index (χ0) is 21.6. The van der Waals surface area contributed by atoms with Gasteiger partial charge in [0, 0.05) is 12.5 Å². The van der Waals surface area contributed by atoms with E-state index in [0.717, 1.165) is 21.4 Å². The van der Waals surface area contributed by atoms with Gasteiger partial charge in [-0.1, -0.05) is 0 Å². The van der Waals surface area contributed by atoms with Gasteiger partial charge in [-0.25, -0.2) is 14.5 Å². The van der Waals surface area contributed by atoms with E-state index in [4.69, 9.17) is 14.6 Å². The van der Waals surface area contributed by atoms with Crippen molar-refractivity contribution in [2.45, 2.75) is 90.4 Å². The highest BCUT2D eigenvalue weighted by molar-refractivity contribution is 14.1. The van der Waals surface area contributed by atoms with Gasteiger partial charge in [0.25, 0.3) is 0 Å².